The molecule has 1 atom stereocenters. The number of alkyl halides is 2. The molecule has 1 aromatic rings. The minimum atomic E-state index is -2.96. The van der Waals surface area contributed by atoms with E-state index in [1.54, 1.807) is 19.1 Å². The van der Waals surface area contributed by atoms with Gasteiger partial charge in [-0.25, -0.2) is 18.6 Å². The van der Waals surface area contributed by atoms with Crippen molar-refractivity contribution < 1.29 is 23.1 Å². The summed E-state index contributed by atoms with van der Waals surface area (Å²) in [7, 11) is 1.21. The number of halogens is 3. The predicted molar refractivity (Wildman–Crippen MR) is 86.1 cm³/mol. The predicted octanol–water partition coefficient (Wildman–Crippen LogP) is 2.75. The monoisotopic (exact) mass is 405 g/mol. The summed E-state index contributed by atoms with van der Waals surface area (Å²) in [4.78, 5) is 29.2. The van der Waals surface area contributed by atoms with Gasteiger partial charge in [-0.1, -0.05) is 6.07 Å². The number of likely N-dealkylation sites (tertiary alicyclic amines) is 1. The standard InChI is InChI=1S/C15H18BrF2N3O3/c1-9-3-4-11(16)20-12(9)13(22)21-8-15(17,18)6-5-10(21)7-19-14(23)24-2/h3-4,10H,5-8H2,1-2H3,(H,19,23). The van der Waals surface area contributed by atoms with Crippen LogP contribution in [0.25, 0.3) is 0 Å². The molecule has 1 aliphatic rings. The fourth-order valence-electron chi connectivity index (χ4n) is 2.57. The third-order valence-corrected chi connectivity index (χ3v) is 4.32. The third-order valence-electron chi connectivity index (χ3n) is 3.88. The second-order valence-electron chi connectivity index (χ2n) is 5.65. The molecule has 132 valence electrons. The summed E-state index contributed by atoms with van der Waals surface area (Å²) in [6.45, 7) is 1.03. The molecule has 0 aliphatic carbocycles. The highest BCUT2D eigenvalue weighted by molar-refractivity contribution is 9.10. The number of nitrogens with one attached hydrogen (secondary N) is 1. The molecule has 2 amide bonds. The molecule has 0 radical (unpaired) electrons. The molecule has 0 saturated carbocycles. The Balaban J connectivity index is 2.24. The molecule has 1 aliphatic heterocycles. The number of amides is 2. The normalized spacial score (nSPS) is 19.7. The van der Waals surface area contributed by atoms with Crippen molar-refractivity contribution in [2.45, 2.75) is 31.7 Å². The first kappa shape index (κ1) is 18.6. The van der Waals surface area contributed by atoms with Crippen LogP contribution < -0.4 is 5.32 Å². The second kappa shape index (κ2) is 7.42. The van der Waals surface area contributed by atoms with E-state index >= 15 is 0 Å². The minimum Gasteiger partial charge on any atom is -0.453 e. The van der Waals surface area contributed by atoms with E-state index in [0.717, 1.165) is 4.90 Å². The summed E-state index contributed by atoms with van der Waals surface area (Å²) < 4.78 is 32.6. The molecule has 1 N–H and O–H groups in total. The van der Waals surface area contributed by atoms with E-state index < -0.39 is 30.5 Å². The molecule has 24 heavy (non-hydrogen) atoms. The zero-order chi connectivity index (χ0) is 17.9. The molecule has 1 aromatic heterocycles. The Bertz CT molecular complexity index is 642. The van der Waals surface area contributed by atoms with Gasteiger partial charge in [-0.3, -0.25) is 4.79 Å². The van der Waals surface area contributed by atoms with Gasteiger partial charge in [0.1, 0.15) is 10.3 Å². The van der Waals surface area contributed by atoms with Gasteiger partial charge in [0.05, 0.1) is 19.7 Å². The zero-order valence-electron chi connectivity index (χ0n) is 13.3. The van der Waals surface area contributed by atoms with Crippen molar-refractivity contribution in [3.8, 4) is 0 Å². The van der Waals surface area contributed by atoms with Gasteiger partial charge in [0.15, 0.2) is 0 Å². The Kier molecular flexibility index (Phi) is 5.74. The van der Waals surface area contributed by atoms with Crippen LogP contribution in [0.1, 0.15) is 28.9 Å². The first-order valence-electron chi connectivity index (χ1n) is 7.37. The van der Waals surface area contributed by atoms with Crippen LogP contribution in [0.4, 0.5) is 13.6 Å². The smallest absolute Gasteiger partial charge is 0.406 e. The first-order valence-corrected chi connectivity index (χ1v) is 8.16. The van der Waals surface area contributed by atoms with Crippen LogP contribution in [0.15, 0.2) is 16.7 Å². The van der Waals surface area contributed by atoms with Crippen LogP contribution in [-0.4, -0.2) is 54.0 Å². The molecule has 0 aromatic carbocycles. The van der Waals surface area contributed by atoms with Gasteiger partial charge in [-0.2, -0.15) is 0 Å². The number of piperidine rings is 1. The van der Waals surface area contributed by atoms with Crippen molar-refractivity contribution in [1.29, 1.82) is 0 Å². The number of aromatic nitrogens is 1. The van der Waals surface area contributed by atoms with Crippen molar-refractivity contribution in [3.63, 3.8) is 0 Å². The van der Waals surface area contributed by atoms with Crippen LogP contribution in [0.3, 0.4) is 0 Å². The average molecular weight is 406 g/mol. The third kappa shape index (κ3) is 4.40. The van der Waals surface area contributed by atoms with Crippen molar-refractivity contribution in [1.82, 2.24) is 15.2 Å². The summed E-state index contributed by atoms with van der Waals surface area (Å²) in [5.41, 5.74) is 0.710. The molecule has 9 heteroatoms. The lowest BCUT2D eigenvalue weighted by Crippen LogP contribution is -2.55. The lowest BCUT2D eigenvalue weighted by Gasteiger charge is -2.39. The topological polar surface area (TPSA) is 71.5 Å². The molecular weight excluding hydrogens is 388 g/mol. The molecule has 6 nitrogen and oxygen atoms in total. The van der Waals surface area contributed by atoms with Gasteiger partial charge in [-0.15, -0.1) is 0 Å². The molecule has 2 rings (SSSR count). The Morgan fingerprint density at radius 1 is 1.50 bits per heavy atom. The number of alkyl carbamates (subject to hydrolysis) is 1. The minimum absolute atomic E-state index is 0.0432. The van der Waals surface area contributed by atoms with Gasteiger partial charge in [0.25, 0.3) is 11.8 Å². The van der Waals surface area contributed by atoms with E-state index in [1.165, 1.54) is 7.11 Å². The number of methoxy groups -OCH3 is 1. The summed E-state index contributed by atoms with van der Waals surface area (Å²) in [6.07, 6.45) is -0.929. The van der Waals surface area contributed by atoms with Gasteiger partial charge >= 0.3 is 6.09 Å². The molecule has 1 unspecified atom stereocenters. The van der Waals surface area contributed by atoms with Gasteiger partial charge in [0.2, 0.25) is 0 Å². The lowest BCUT2D eigenvalue weighted by atomic mass is 9.98. The molecular formula is C15H18BrF2N3O3. The summed E-state index contributed by atoms with van der Waals surface area (Å²) in [5.74, 6) is -3.54. The van der Waals surface area contributed by atoms with Crippen molar-refractivity contribution in [2.24, 2.45) is 0 Å². The van der Waals surface area contributed by atoms with E-state index in [0.29, 0.717) is 10.2 Å². The lowest BCUT2D eigenvalue weighted by molar-refractivity contribution is -0.0716. The number of aryl methyl sites for hydroxylation is 1. The van der Waals surface area contributed by atoms with Crippen LogP contribution in [0, 0.1) is 6.92 Å². The van der Waals surface area contributed by atoms with Crippen LogP contribution in [0.5, 0.6) is 0 Å². The molecule has 1 fully saturated rings. The quantitative estimate of drug-likeness (QED) is 0.784. The molecule has 0 spiro atoms. The van der Waals surface area contributed by atoms with Crippen LogP contribution in [-0.2, 0) is 4.74 Å². The van der Waals surface area contributed by atoms with Crippen molar-refractivity contribution in [2.75, 3.05) is 20.2 Å². The number of carbonyl (C=O) groups is 2. The van der Waals surface area contributed by atoms with Gasteiger partial charge < -0.3 is 15.0 Å². The second-order valence-corrected chi connectivity index (χ2v) is 6.47. The van der Waals surface area contributed by atoms with E-state index in [4.69, 9.17) is 0 Å². The molecule has 0 bridgehead atoms. The van der Waals surface area contributed by atoms with Crippen molar-refractivity contribution in [3.05, 3.63) is 28.0 Å². The molecule has 2 heterocycles. The summed E-state index contributed by atoms with van der Waals surface area (Å²) in [6, 6.07) is 2.82. The van der Waals surface area contributed by atoms with Crippen LogP contribution in [0.2, 0.25) is 0 Å². The maximum Gasteiger partial charge on any atom is 0.406 e. The average Bonchev–Trinajstić information content (AvgIpc) is 2.54. The van der Waals surface area contributed by atoms with E-state index in [1.807, 2.05) is 0 Å². The number of hydrogen-bond acceptors (Lipinski definition) is 4. The Morgan fingerprint density at radius 2 is 2.21 bits per heavy atom. The first-order chi connectivity index (χ1) is 11.2. The number of nitrogens with zero attached hydrogens (tertiary/aromatic N) is 2. The SMILES string of the molecule is COC(=O)NCC1CCC(F)(F)CN1C(=O)c1nc(Br)ccc1C. The van der Waals surface area contributed by atoms with E-state index in [2.05, 4.69) is 31.0 Å². The number of carbonyl (C=O) groups excluding carboxylic acids is 2. The summed E-state index contributed by atoms with van der Waals surface area (Å²) in [5, 5.41) is 2.46. The Labute approximate surface area is 146 Å². The fraction of sp³-hybridized carbons (Fsp3) is 0.533. The Morgan fingerprint density at radius 3 is 2.88 bits per heavy atom. The highest BCUT2D eigenvalue weighted by atomic mass is 79.9. The highest BCUT2D eigenvalue weighted by Crippen LogP contribution is 2.31. The summed E-state index contributed by atoms with van der Waals surface area (Å²) >= 11 is 3.18. The van der Waals surface area contributed by atoms with Gasteiger partial charge in [-0.05, 0) is 40.9 Å². The van der Waals surface area contributed by atoms with E-state index in [9.17, 15) is 18.4 Å². The fourth-order valence-corrected chi connectivity index (χ4v) is 2.88. The maximum absolute atomic E-state index is 13.8. The largest absolute Gasteiger partial charge is 0.453 e. The zero-order valence-corrected chi connectivity index (χ0v) is 14.9. The number of pyridine rings is 1. The number of ether oxygens (including phenoxy) is 1. The Hall–Kier alpha value is -1.77. The maximum atomic E-state index is 13.8. The highest BCUT2D eigenvalue weighted by Gasteiger charge is 2.42. The number of rotatable bonds is 3. The number of hydrogen-bond donors (Lipinski definition) is 1. The van der Waals surface area contributed by atoms with E-state index in [-0.39, 0.29) is 25.1 Å². The van der Waals surface area contributed by atoms with Gasteiger partial charge in [0, 0.05) is 13.0 Å². The van der Waals surface area contributed by atoms with Crippen molar-refractivity contribution >= 4 is 27.9 Å². The van der Waals surface area contributed by atoms with Crippen LogP contribution >= 0.6 is 15.9 Å². The molecule has 1 saturated heterocycles.